The molecule has 1 amide bonds. The van der Waals surface area contributed by atoms with Gasteiger partial charge in [0.1, 0.15) is 0 Å². The molecule has 0 fully saturated rings. The molecule has 0 atom stereocenters. The predicted octanol–water partition coefficient (Wildman–Crippen LogP) is 2.35. The highest BCUT2D eigenvalue weighted by molar-refractivity contribution is 6.32. The maximum Gasteiger partial charge on any atom is 0.255 e. The van der Waals surface area contributed by atoms with Crippen molar-refractivity contribution in [3.8, 4) is 0 Å². The van der Waals surface area contributed by atoms with Gasteiger partial charge >= 0.3 is 0 Å². The number of carbonyl (C=O) groups excluding carboxylic acids is 1. The van der Waals surface area contributed by atoms with Crippen molar-refractivity contribution in [1.29, 1.82) is 0 Å². The fourth-order valence-electron chi connectivity index (χ4n) is 2.20. The molecule has 5 heteroatoms. The number of carbonyl (C=O) groups is 1. The maximum atomic E-state index is 11.9. The molecule has 2 N–H and O–H groups in total. The van der Waals surface area contributed by atoms with Gasteiger partial charge in [-0.05, 0) is 24.6 Å². The van der Waals surface area contributed by atoms with Crippen LogP contribution in [-0.4, -0.2) is 24.0 Å². The maximum absolute atomic E-state index is 11.9. The lowest BCUT2D eigenvalue weighted by atomic mass is 10.1. The minimum atomic E-state index is -0.0861. The van der Waals surface area contributed by atoms with Gasteiger partial charge in [-0.2, -0.15) is 0 Å². The van der Waals surface area contributed by atoms with E-state index >= 15 is 0 Å². The molecule has 1 aromatic heterocycles. The summed E-state index contributed by atoms with van der Waals surface area (Å²) in [7, 11) is 0. The largest absolute Gasteiger partial charge is 0.382 e. The highest BCUT2D eigenvalue weighted by Gasteiger charge is 2.18. The van der Waals surface area contributed by atoms with Crippen molar-refractivity contribution in [2.45, 2.75) is 6.92 Å². The third kappa shape index (κ3) is 1.61. The molecule has 0 saturated carbocycles. The quantitative estimate of drug-likeness (QED) is 0.765. The van der Waals surface area contributed by atoms with E-state index in [1.807, 2.05) is 19.1 Å². The summed E-state index contributed by atoms with van der Waals surface area (Å²) in [5, 5.41) is 7.73. The number of rotatable bonds is 0. The number of halogens is 1. The van der Waals surface area contributed by atoms with E-state index in [-0.39, 0.29) is 5.91 Å². The summed E-state index contributed by atoms with van der Waals surface area (Å²) < 4.78 is 0. The highest BCUT2D eigenvalue weighted by Crippen LogP contribution is 2.31. The second kappa shape index (κ2) is 4.14. The molecule has 1 aromatic carbocycles. The average Bonchev–Trinajstić information content (AvgIpc) is 2.56. The first-order chi connectivity index (χ1) is 8.68. The molecule has 0 saturated heterocycles. The lowest BCUT2D eigenvalue weighted by Crippen LogP contribution is -2.24. The molecular formula is C13H12ClN3O. The van der Waals surface area contributed by atoms with Crippen LogP contribution in [0.1, 0.15) is 15.9 Å². The molecule has 0 radical (unpaired) electrons. The smallest absolute Gasteiger partial charge is 0.255 e. The summed E-state index contributed by atoms with van der Waals surface area (Å²) in [5.41, 5.74) is 3.20. The van der Waals surface area contributed by atoms with E-state index in [4.69, 9.17) is 11.6 Å². The summed E-state index contributed by atoms with van der Waals surface area (Å²) in [6, 6.07) is 3.74. The average molecular weight is 262 g/mol. The van der Waals surface area contributed by atoms with Gasteiger partial charge in [-0.15, -0.1) is 0 Å². The van der Waals surface area contributed by atoms with E-state index < -0.39 is 0 Å². The topological polar surface area (TPSA) is 54.0 Å². The van der Waals surface area contributed by atoms with Gasteiger partial charge in [0.25, 0.3) is 5.91 Å². The summed E-state index contributed by atoms with van der Waals surface area (Å²) >= 11 is 6.09. The van der Waals surface area contributed by atoms with Gasteiger partial charge in [0, 0.05) is 29.7 Å². The molecule has 1 aliphatic heterocycles. The molecule has 0 aliphatic carbocycles. The second-order valence-electron chi connectivity index (χ2n) is 4.30. The monoisotopic (exact) mass is 261 g/mol. The minimum Gasteiger partial charge on any atom is -0.382 e. The first kappa shape index (κ1) is 11.3. The lowest BCUT2D eigenvalue weighted by molar-refractivity contribution is 0.0958. The normalized spacial score (nSPS) is 14.7. The van der Waals surface area contributed by atoms with Crippen LogP contribution in [0.5, 0.6) is 0 Å². The number of pyridine rings is 1. The molecule has 0 bridgehead atoms. The van der Waals surface area contributed by atoms with Crippen LogP contribution in [0.3, 0.4) is 0 Å². The van der Waals surface area contributed by atoms with Gasteiger partial charge in [-0.1, -0.05) is 11.6 Å². The first-order valence-electron chi connectivity index (χ1n) is 5.78. The lowest BCUT2D eigenvalue weighted by Gasteiger charge is -2.11. The fourth-order valence-corrected chi connectivity index (χ4v) is 2.36. The van der Waals surface area contributed by atoms with E-state index in [0.717, 1.165) is 22.2 Å². The molecule has 4 nitrogen and oxygen atoms in total. The number of anilines is 1. The van der Waals surface area contributed by atoms with Crippen LogP contribution in [0, 0.1) is 6.92 Å². The van der Waals surface area contributed by atoms with Crippen LogP contribution >= 0.6 is 11.6 Å². The molecule has 3 rings (SSSR count). The zero-order chi connectivity index (χ0) is 12.7. The van der Waals surface area contributed by atoms with Crippen LogP contribution in [0.4, 0.5) is 5.69 Å². The highest BCUT2D eigenvalue weighted by atomic mass is 35.5. The van der Waals surface area contributed by atoms with E-state index in [9.17, 15) is 4.79 Å². The van der Waals surface area contributed by atoms with Gasteiger partial charge < -0.3 is 10.6 Å². The fraction of sp³-hybridized carbons (Fsp3) is 0.231. The number of nitrogens with zero attached hydrogens (tertiary/aromatic N) is 1. The number of benzene rings is 1. The van der Waals surface area contributed by atoms with Crippen molar-refractivity contribution in [3.05, 3.63) is 34.5 Å². The van der Waals surface area contributed by atoms with Gasteiger partial charge in [0.05, 0.1) is 16.8 Å². The van der Waals surface area contributed by atoms with E-state index in [2.05, 4.69) is 15.6 Å². The van der Waals surface area contributed by atoms with E-state index in [1.54, 1.807) is 6.20 Å². The number of aryl methyl sites for hydroxylation is 1. The van der Waals surface area contributed by atoms with Gasteiger partial charge in [-0.3, -0.25) is 9.78 Å². The summed E-state index contributed by atoms with van der Waals surface area (Å²) in [5.74, 6) is -0.0861. The molecule has 2 heterocycles. The number of fused-ring (bicyclic) bond motifs is 3. The molecule has 1 aliphatic rings. The minimum absolute atomic E-state index is 0.0861. The van der Waals surface area contributed by atoms with Crippen molar-refractivity contribution < 1.29 is 4.79 Å². The van der Waals surface area contributed by atoms with Crippen molar-refractivity contribution >= 4 is 34.1 Å². The second-order valence-corrected chi connectivity index (χ2v) is 4.71. The Morgan fingerprint density at radius 1 is 1.28 bits per heavy atom. The molecule has 2 aromatic rings. The number of aromatic nitrogens is 1. The van der Waals surface area contributed by atoms with Crippen LogP contribution in [0.25, 0.3) is 10.9 Å². The first-order valence-corrected chi connectivity index (χ1v) is 6.16. The number of hydrogen-bond donors (Lipinski definition) is 2. The zero-order valence-electron chi connectivity index (χ0n) is 9.88. The Bertz CT molecular complexity index is 654. The summed E-state index contributed by atoms with van der Waals surface area (Å²) in [4.78, 5) is 16.2. The Kier molecular flexibility index (Phi) is 2.59. The van der Waals surface area contributed by atoms with Crippen molar-refractivity contribution in [1.82, 2.24) is 10.3 Å². The van der Waals surface area contributed by atoms with Gasteiger partial charge in [0.2, 0.25) is 0 Å². The SMILES string of the molecule is Cc1c(Cl)ccc2c3c(cnc12)C(=O)NCCN3. The molecule has 0 unspecified atom stereocenters. The van der Waals surface area contributed by atoms with Gasteiger partial charge in [-0.25, -0.2) is 0 Å². The predicted molar refractivity (Wildman–Crippen MR) is 72.3 cm³/mol. The Morgan fingerprint density at radius 2 is 2.06 bits per heavy atom. The summed E-state index contributed by atoms with van der Waals surface area (Å²) in [6.45, 7) is 3.25. The number of amides is 1. The van der Waals surface area contributed by atoms with E-state index in [0.29, 0.717) is 23.7 Å². The Morgan fingerprint density at radius 3 is 2.89 bits per heavy atom. The zero-order valence-corrected chi connectivity index (χ0v) is 10.6. The third-order valence-electron chi connectivity index (χ3n) is 3.18. The summed E-state index contributed by atoms with van der Waals surface area (Å²) in [6.07, 6.45) is 1.61. The van der Waals surface area contributed by atoms with Crippen LogP contribution < -0.4 is 10.6 Å². The molecule has 18 heavy (non-hydrogen) atoms. The Balaban J connectivity index is 2.35. The van der Waals surface area contributed by atoms with Crippen LogP contribution in [-0.2, 0) is 0 Å². The third-order valence-corrected chi connectivity index (χ3v) is 3.59. The van der Waals surface area contributed by atoms with Crippen molar-refractivity contribution in [3.63, 3.8) is 0 Å². The van der Waals surface area contributed by atoms with Crippen LogP contribution in [0.2, 0.25) is 5.02 Å². The standard InChI is InChI=1S/C13H12ClN3O/c1-7-10(14)3-2-8-11(7)17-6-9-12(8)15-4-5-16-13(9)18/h2-3,6,15H,4-5H2,1H3,(H,16,18). The van der Waals surface area contributed by atoms with Crippen LogP contribution in [0.15, 0.2) is 18.3 Å². The molecular weight excluding hydrogens is 250 g/mol. The Labute approximate surface area is 109 Å². The number of nitrogens with one attached hydrogen (secondary N) is 2. The van der Waals surface area contributed by atoms with Crippen molar-refractivity contribution in [2.24, 2.45) is 0 Å². The van der Waals surface area contributed by atoms with Crippen molar-refractivity contribution in [2.75, 3.05) is 18.4 Å². The van der Waals surface area contributed by atoms with E-state index in [1.165, 1.54) is 0 Å². The Hall–Kier alpha value is -1.81. The van der Waals surface area contributed by atoms with Gasteiger partial charge in [0.15, 0.2) is 0 Å². The molecule has 92 valence electrons. The number of hydrogen-bond acceptors (Lipinski definition) is 3. The molecule has 0 spiro atoms.